The van der Waals surface area contributed by atoms with Gasteiger partial charge in [-0.2, -0.15) is 13.2 Å². The van der Waals surface area contributed by atoms with Crippen LogP contribution in [0.1, 0.15) is 23.4 Å². The molecule has 0 radical (unpaired) electrons. The second kappa shape index (κ2) is 5.17. The van der Waals surface area contributed by atoms with Crippen molar-refractivity contribution in [2.75, 3.05) is 0 Å². The van der Waals surface area contributed by atoms with Gasteiger partial charge in [-0.05, 0) is 6.07 Å². The van der Waals surface area contributed by atoms with Gasteiger partial charge >= 0.3 is 6.18 Å². The summed E-state index contributed by atoms with van der Waals surface area (Å²) in [5.41, 5.74) is -3.63. The molecule has 1 rings (SSSR count). The maximum Gasteiger partial charge on any atom is 0.434 e. The van der Waals surface area contributed by atoms with Crippen LogP contribution in [0.4, 0.5) is 22.0 Å². The normalized spacial score (nSPS) is 13.1. The first kappa shape index (κ1) is 16.1. The second-order valence-corrected chi connectivity index (χ2v) is 5.15. The van der Waals surface area contributed by atoms with Crippen LogP contribution in [-0.4, -0.2) is 13.4 Å². The first-order chi connectivity index (χ1) is 8.48. The fourth-order valence-electron chi connectivity index (χ4n) is 1.26. The number of halogens is 6. The summed E-state index contributed by atoms with van der Waals surface area (Å²) in [6.45, 7) is 0. The Morgan fingerprint density at radius 1 is 1.37 bits per heavy atom. The summed E-state index contributed by atoms with van der Waals surface area (Å²) in [6, 6.07) is 0.146. The van der Waals surface area contributed by atoms with Gasteiger partial charge in [0.1, 0.15) is 4.90 Å². The van der Waals surface area contributed by atoms with E-state index in [9.17, 15) is 30.4 Å². The van der Waals surface area contributed by atoms with E-state index in [-0.39, 0.29) is 6.07 Å². The molecule has 0 aromatic carbocycles. The topological polar surface area (TPSA) is 73.1 Å². The molecule has 0 bridgehead atoms. The number of primary sulfonamides is 1. The van der Waals surface area contributed by atoms with Crippen LogP contribution in [0.15, 0.2) is 11.0 Å². The molecule has 0 spiro atoms. The molecule has 0 saturated heterocycles. The Bertz CT molecular complexity index is 588. The maximum absolute atomic E-state index is 12.6. The van der Waals surface area contributed by atoms with E-state index in [4.69, 9.17) is 11.6 Å². The van der Waals surface area contributed by atoms with E-state index in [1.807, 2.05) is 0 Å². The molecule has 0 aliphatic carbocycles. The predicted molar refractivity (Wildman–Crippen MR) is 55.1 cm³/mol. The lowest BCUT2D eigenvalue weighted by atomic mass is 10.2. The SMILES string of the molecule is NS(=O)(=O)c1cc(C(F)F)c(CCl)nc1C(F)(F)F. The highest BCUT2D eigenvalue weighted by atomic mass is 35.5. The Kier molecular flexibility index (Phi) is 4.37. The Hall–Kier alpha value is -1.00. The number of alkyl halides is 6. The number of sulfonamides is 1. The molecule has 0 saturated carbocycles. The van der Waals surface area contributed by atoms with Crippen LogP contribution in [0.2, 0.25) is 0 Å². The smallest absolute Gasteiger partial charge is 0.245 e. The van der Waals surface area contributed by atoms with E-state index < -0.39 is 50.4 Å². The molecule has 2 N–H and O–H groups in total. The number of rotatable bonds is 3. The van der Waals surface area contributed by atoms with E-state index in [2.05, 4.69) is 10.1 Å². The van der Waals surface area contributed by atoms with Crippen LogP contribution in [0.3, 0.4) is 0 Å². The van der Waals surface area contributed by atoms with Crippen molar-refractivity contribution in [1.29, 1.82) is 0 Å². The van der Waals surface area contributed by atoms with E-state index in [1.54, 1.807) is 0 Å². The van der Waals surface area contributed by atoms with Gasteiger partial charge in [-0.1, -0.05) is 0 Å². The van der Waals surface area contributed by atoms with Gasteiger partial charge in [0.15, 0.2) is 5.69 Å². The van der Waals surface area contributed by atoms with Gasteiger partial charge in [0.25, 0.3) is 6.43 Å². The summed E-state index contributed by atoms with van der Waals surface area (Å²) in [5, 5.41) is 4.57. The van der Waals surface area contributed by atoms with Crippen LogP contribution in [-0.2, 0) is 22.1 Å². The zero-order chi connectivity index (χ0) is 15.0. The van der Waals surface area contributed by atoms with E-state index in [1.165, 1.54) is 0 Å². The number of hydrogen-bond acceptors (Lipinski definition) is 3. The third-order valence-corrected chi connectivity index (χ3v) is 3.21. The quantitative estimate of drug-likeness (QED) is 0.685. The summed E-state index contributed by atoms with van der Waals surface area (Å²) in [4.78, 5) is 1.34. The van der Waals surface area contributed by atoms with Crippen molar-refractivity contribution in [1.82, 2.24) is 4.98 Å². The number of nitrogens with zero attached hydrogens (tertiary/aromatic N) is 1. The predicted octanol–water partition coefficient (Wildman–Crippen LogP) is 2.42. The summed E-state index contributed by atoms with van der Waals surface area (Å²) in [6.07, 6.45) is -8.40. The summed E-state index contributed by atoms with van der Waals surface area (Å²) in [5.74, 6) is -0.729. The molecule has 1 heterocycles. The Balaban J connectivity index is 3.73. The molecule has 1 aromatic rings. The number of aromatic nitrogens is 1. The van der Waals surface area contributed by atoms with Crippen LogP contribution in [0, 0.1) is 0 Å². The molecule has 0 aliphatic heterocycles. The molecule has 19 heavy (non-hydrogen) atoms. The first-order valence-corrected chi connectivity index (χ1v) is 6.54. The van der Waals surface area contributed by atoms with Gasteiger partial charge in [0.2, 0.25) is 10.0 Å². The molecular formula is C8H6ClF5N2O2S. The van der Waals surface area contributed by atoms with Crippen molar-refractivity contribution in [2.45, 2.75) is 23.4 Å². The summed E-state index contributed by atoms with van der Waals surface area (Å²) < 4.78 is 85.1. The Morgan fingerprint density at radius 2 is 1.89 bits per heavy atom. The van der Waals surface area contributed by atoms with Crippen molar-refractivity contribution >= 4 is 21.6 Å². The minimum absolute atomic E-state index is 0.146. The van der Waals surface area contributed by atoms with Gasteiger partial charge in [-0.15, -0.1) is 11.6 Å². The largest absolute Gasteiger partial charge is 0.434 e. The molecule has 108 valence electrons. The molecule has 0 fully saturated rings. The van der Waals surface area contributed by atoms with Crippen molar-refractivity contribution in [2.24, 2.45) is 5.14 Å². The monoisotopic (exact) mass is 324 g/mol. The molecule has 11 heteroatoms. The van der Waals surface area contributed by atoms with Crippen molar-refractivity contribution in [3.63, 3.8) is 0 Å². The van der Waals surface area contributed by atoms with E-state index >= 15 is 0 Å². The van der Waals surface area contributed by atoms with E-state index in [0.29, 0.717) is 0 Å². The van der Waals surface area contributed by atoms with Crippen molar-refractivity contribution in [3.8, 4) is 0 Å². The lowest BCUT2D eigenvalue weighted by Crippen LogP contribution is -2.22. The standard InChI is InChI=1S/C8H6ClF5N2O2S/c9-2-4-3(7(10)11)1-5(19(15,17)18)6(16-4)8(12,13)14/h1,7H,2H2,(H2,15,17,18). The van der Waals surface area contributed by atoms with Crippen LogP contribution >= 0.6 is 11.6 Å². The maximum atomic E-state index is 12.6. The molecule has 0 aliphatic rings. The average molecular weight is 325 g/mol. The molecule has 1 aromatic heterocycles. The third kappa shape index (κ3) is 3.51. The second-order valence-electron chi connectivity index (χ2n) is 3.35. The molecule has 0 atom stereocenters. The Labute approximate surface area is 109 Å². The van der Waals surface area contributed by atoms with Crippen LogP contribution < -0.4 is 5.14 Å². The number of nitrogens with two attached hydrogens (primary N) is 1. The van der Waals surface area contributed by atoms with Crippen LogP contribution in [0.25, 0.3) is 0 Å². The zero-order valence-electron chi connectivity index (χ0n) is 8.88. The third-order valence-electron chi connectivity index (χ3n) is 2.04. The summed E-state index contributed by atoms with van der Waals surface area (Å²) in [7, 11) is -4.86. The van der Waals surface area contributed by atoms with Gasteiger partial charge in [0.05, 0.1) is 11.6 Å². The lowest BCUT2D eigenvalue weighted by molar-refractivity contribution is -0.143. The number of pyridine rings is 1. The van der Waals surface area contributed by atoms with Gasteiger partial charge in [0, 0.05) is 5.56 Å². The van der Waals surface area contributed by atoms with Gasteiger partial charge in [-0.25, -0.2) is 27.3 Å². The first-order valence-electron chi connectivity index (χ1n) is 4.46. The molecule has 0 amide bonds. The van der Waals surface area contributed by atoms with Gasteiger partial charge < -0.3 is 0 Å². The highest BCUT2D eigenvalue weighted by Gasteiger charge is 2.40. The average Bonchev–Trinajstić information content (AvgIpc) is 2.24. The fourth-order valence-corrected chi connectivity index (χ4v) is 2.20. The highest BCUT2D eigenvalue weighted by Crippen LogP contribution is 2.35. The zero-order valence-corrected chi connectivity index (χ0v) is 10.5. The van der Waals surface area contributed by atoms with Crippen molar-refractivity contribution in [3.05, 3.63) is 23.0 Å². The van der Waals surface area contributed by atoms with E-state index in [0.717, 1.165) is 0 Å². The fraction of sp³-hybridized carbons (Fsp3) is 0.375. The summed E-state index contributed by atoms with van der Waals surface area (Å²) >= 11 is 5.22. The van der Waals surface area contributed by atoms with Gasteiger partial charge in [-0.3, -0.25) is 0 Å². The lowest BCUT2D eigenvalue weighted by Gasteiger charge is -2.14. The molecular weight excluding hydrogens is 319 g/mol. The molecule has 0 unspecified atom stereocenters. The Morgan fingerprint density at radius 3 is 2.21 bits per heavy atom. The van der Waals surface area contributed by atoms with Crippen LogP contribution in [0.5, 0.6) is 0 Å². The minimum atomic E-state index is -5.16. The minimum Gasteiger partial charge on any atom is -0.245 e. The molecule has 4 nitrogen and oxygen atoms in total. The highest BCUT2D eigenvalue weighted by molar-refractivity contribution is 7.89. The van der Waals surface area contributed by atoms with Crippen molar-refractivity contribution < 1.29 is 30.4 Å². The number of hydrogen-bond donors (Lipinski definition) is 1.